The third-order valence-corrected chi connectivity index (χ3v) is 3.01. The molecule has 0 amide bonds. The zero-order valence-corrected chi connectivity index (χ0v) is 10.7. The molecule has 20 heavy (non-hydrogen) atoms. The van der Waals surface area contributed by atoms with Gasteiger partial charge in [0.15, 0.2) is 17.4 Å². The van der Waals surface area contributed by atoms with Gasteiger partial charge in [0.1, 0.15) is 0 Å². The minimum atomic E-state index is -0.998. The molecule has 0 fully saturated rings. The van der Waals surface area contributed by atoms with Crippen molar-refractivity contribution in [3.05, 3.63) is 65.2 Å². The summed E-state index contributed by atoms with van der Waals surface area (Å²) in [6.07, 6.45) is 0. The van der Waals surface area contributed by atoms with Crippen molar-refractivity contribution in [1.82, 2.24) is 5.32 Å². The largest absolute Gasteiger partial charge is 0.503 e. The Morgan fingerprint density at radius 1 is 1.05 bits per heavy atom. The molecule has 3 nitrogen and oxygen atoms in total. The molecule has 2 rings (SSSR count). The molecule has 0 aliphatic rings. The molecular formula is C15H15F2NO2. The smallest absolute Gasteiger partial charge is 0.187 e. The van der Waals surface area contributed by atoms with Gasteiger partial charge in [0.2, 0.25) is 0 Å². The molecule has 0 radical (unpaired) electrons. The molecule has 0 saturated carbocycles. The summed E-state index contributed by atoms with van der Waals surface area (Å²) in [6.45, 7) is 0.0430. The lowest BCUT2D eigenvalue weighted by Crippen LogP contribution is -2.24. The maximum atomic E-state index is 13.2. The highest BCUT2D eigenvalue weighted by molar-refractivity contribution is 5.30. The predicted molar refractivity (Wildman–Crippen MR) is 71.1 cm³/mol. The van der Waals surface area contributed by atoms with Gasteiger partial charge in [-0.05, 0) is 23.3 Å². The summed E-state index contributed by atoms with van der Waals surface area (Å²) < 4.78 is 26.4. The van der Waals surface area contributed by atoms with E-state index in [4.69, 9.17) is 5.11 Å². The molecular weight excluding hydrogens is 264 g/mol. The second kappa shape index (κ2) is 6.45. The van der Waals surface area contributed by atoms with Crippen molar-refractivity contribution in [3.63, 3.8) is 0 Å². The third kappa shape index (κ3) is 3.31. The predicted octanol–water partition coefficient (Wildman–Crippen LogP) is 2.49. The van der Waals surface area contributed by atoms with E-state index in [1.54, 1.807) is 0 Å². The van der Waals surface area contributed by atoms with Gasteiger partial charge in [0.05, 0.1) is 12.6 Å². The average Bonchev–Trinajstić information content (AvgIpc) is 2.46. The standard InChI is InChI=1S/C15H15F2NO2/c16-12-6-10(7-13(17)15(12)20)8-18-14(9-19)11-4-2-1-3-5-11/h1-7,14,18-20H,8-9H2/t14-/m0/s1. The summed E-state index contributed by atoms with van der Waals surface area (Å²) in [6, 6.07) is 11.1. The Balaban J connectivity index is 2.07. The van der Waals surface area contributed by atoms with E-state index in [1.165, 1.54) is 0 Å². The summed E-state index contributed by atoms with van der Waals surface area (Å²) in [7, 11) is 0. The maximum Gasteiger partial charge on any atom is 0.187 e. The molecule has 0 aliphatic heterocycles. The van der Waals surface area contributed by atoms with E-state index in [-0.39, 0.29) is 19.2 Å². The quantitative estimate of drug-likeness (QED) is 0.788. The summed E-state index contributed by atoms with van der Waals surface area (Å²) in [5.41, 5.74) is 1.24. The minimum absolute atomic E-state index is 0.132. The molecule has 1 atom stereocenters. The van der Waals surface area contributed by atoms with Crippen LogP contribution in [0.4, 0.5) is 8.78 Å². The molecule has 5 heteroatoms. The van der Waals surface area contributed by atoms with E-state index in [9.17, 15) is 13.9 Å². The normalized spacial score (nSPS) is 12.3. The van der Waals surface area contributed by atoms with Crippen LogP contribution in [-0.2, 0) is 6.54 Å². The van der Waals surface area contributed by atoms with Crippen molar-refractivity contribution in [1.29, 1.82) is 0 Å². The topological polar surface area (TPSA) is 52.5 Å². The van der Waals surface area contributed by atoms with Crippen molar-refractivity contribution in [3.8, 4) is 5.75 Å². The maximum absolute atomic E-state index is 13.2. The highest BCUT2D eigenvalue weighted by Gasteiger charge is 2.12. The van der Waals surface area contributed by atoms with E-state index in [0.29, 0.717) is 5.56 Å². The Morgan fingerprint density at radius 2 is 1.65 bits per heavy atom. The van der Waals surface area contributed by atoms with Gasteiger partial charge in [-0.1, -0.05) is 30.3 Å². The summed E-state index contributed by atoms with van der Waals surface area (Å²) >= 11 is 0. The van der Waals surface area contributed by atoms with Gasteiger partial charge in [-0.25, -0.2) is 8.78 Å². The van der Waals surface area contributed by atoms with Crippen molar-refractivity contribution in [2.75, 3.05) is 6.61 Å². The van der Waals surface area contributed by atoms with Crippen LogP contribution in [0, 0.1) is 11.6 Å². The first-order valence-electron chi connectivity index (χ1n) is 6.18. The fraction of sp³-hybridized carbons (Fsp3) is 0.200. The zero-order valence-electron chi connectivity index (χ0n) is 10.7. The molecule has 2 aromatic rings. The van der Waals surface area contributed by atoms with E-state index in [2.05, 4.69) is 5.32 Å². The van der Waals surface area contributed by atoms with Gasteiger partial charge < -0.3 is 15.5 Å². The van der Waals surface area contributed by atoms with Gasteiger partial charge >= 0.3 is 0 Å². The number of phenolic OH excluding ortho intramolecular Hbond substituents is 1. The molecule has 0 saturated heterocycles. The first-order chi connectivity index (χ1) is 9.61. The van der Waals surface area contributed by atoms with Crippen molar-refractivity contribution in [2.45, 2.75) is 12.6 Å². The van der Waals surface area contributed by atoms with Crippen LogP contribution in [0.3, 0.4) is 0 Å². The first kappa shape index (κ1) is 14.4. The number of aliphatic hydroxyl groups excluding tert-OH is 1. The molecule has 2 aromatic carbocycles. The van der Waals surface area contributed by atoms with Crippen molar-refractivity contribution in [2.24, 2.45) is 0 Å². The Bertz CT molecular complexity index is 552. The lowest BCUT2D eigenvalue weighted by molar-refractivity contribution is 0.243. The number of aromatic hydroxyl groups is 1. The molecule has 0 spiro atoms. The third-order valence-electron chi connectivity index (χ3n) is 3.01. The van der Waals surface area contributed by atoms with Crippen LogP contribution in [0.1, 0.15) is 17.2 Å². The van der Waals surface area contributed by atoms with Crippen LogP contribution < -0.4 is 5.32 Å². The van der Waals surface area contributed by atoms with Crippen LogP contribution >= 0.6 is 0 Å². The second-order valence-corrected chi connectivity index (χ2v) is 4.43. The van der Waals surface area contributed by atoms with Crippen LogP contribution in [0.5, 0.6) is 5.75 Å². The SMILES string of the molecule is OC[C@H](NCc1cc(F)c(O)c(F)c1)c1ccccc1. The first-order valence-corrected chi connectivity index (χ1v) is 6.18. The molecule has 106 valence electrons. The minimum Gasteiger partial charge on any atom is -0.503 e. The van der Waals surface area contributed by atoms with Gasteiger partial charge in [0, 0.05) is 6.54 Å². The monoisotopic (exact) mass is 279 g/mol. The number of aliphatic hydroxyl groups is 1. The van der Waals surface area contributed by atoms with Crippen LogP contribution in [0.2, 0.25) is 0 Å². The Morgan fingerprint density at radius 3 is 2.20 bits per heavy atom. The fourth-order valence-electron chi connectivity index (χ4n) is 1.93. The lowest BCUT2D eigenvalue weighted by Gasteiger charge is -2.17. The molecule has 0 bridgehead atoms. The Kier molecular flexibility index (Phi) is 4.65. The molecule has 0 aromatic heterocycles. The van der Waals surface area contributed by atoms with Gasteiger partial charge in [0.25, 0.3) is 0 Å². The van der Waals surface area contributed by atoms with E-state index >= 15 is 0 Å². The summed E-state index contributed by atoms with van der Waals surface area (Å²) in [4.78, 5) is 0. The number of hydrogen-bond donors (Lipinski definition) is 3. The van der Waals surface area contributed by atoms with Crippen molar-refractivity contribution < 1.29 is 19.0 Å². The molecule has 0 unspecified atom stereocenters. The van der Waals surface area contributed by atoms with E-state index in [0.717, 1.165) is 17.7 Å². The highest BCUT2D eigenvalue weighted by Crippen LogP contribution is 2.22. The average molecular weight is 279 g/mol. The Labute approximate surface area is 115 Å². The number of phenols is 1. The Hall–Kier alpha value is -1.98. The highest BCUT2D eigenvalue weighted by atomic mass is 19.1. The van der Waals surface area contributed by atoms with Crippen LogP contribution in [-0.4, -0.2) is 16.8 Å². The van der Waals surface area contributed by atoms with E-state index < -0.39 is 17.4 Å². The van der Waals surface area contributed by atoms with Crippen molar-refractivity contribution >= 4 is 0 Å². The van der Waals surface area contributed by atoms with Crippen LogP contribution in [0.15, 0.2) is 42.5 Å². The van der Waals surface area contributed by atoms with Gasteiger partial charge in [-0.15, -0.1) is 0 Å². The molecule has 0 aliphatic carbocycles. The number of halogens is 2. The number of rotatable bonds is 5. The number of benzene rings is 2. The van der Waals surface area contributed by atoms with Crippen LogP contribution in [0.25, 0.3) is 0 Å². The van der Waals surface area contributed by atoms with Gasteiger partial charge in [-0.3, -0.25) is 0 Å². The molecule has 0 heterocycles. The molecule has 3 N–H and O–H groups in total. The van der Waals surface area contributed by atoms with Gasteiger partial charge in [-0.2, -0.15) is 0 Å². The van der Waals surface area contributed by atoms with E-state index in [1.807, 2.05) is 30.3 Å². The summed E-state index contributed by atoms with van der Waals surface area (Å²) in [5, 5.41) is 21.4. The second-order valence-electron chi connectivity index (χ2n) is 4.43. The lowest BCUT2D eigenvalue weighted by atomic mass is 10.1. The zero-order chi connectivity index (χ0) is 14.5. The number of hydrogen-bond acceptors (Lipinski definition) is 3. The summed E-state index contributed by atoms with van der Waals surface area (Å²) in [5.74, 6) is -2.97. The fourth-order valence-corrected chi connectivity index (χ4v) is 1.93. The number of nitrogens with one attached hydrogen (secondary N) is 1.